The van der Waals surface area contributed by atoms with Crippen LogP contribution >= 0.6 is 0 Å². The first-order chi connectivity index (χ1) is 8.22. The molecule has 1 N–H and O–H groups in total. The van der Waals surface area contributed by atoms with Gasteiger partial charge in [-0.1, -0.05) is 30.3 Å². The Bertz CT molecular complexity index is 341. The lowest BCUT2D eigenvalue weighted by Gasteiger charge is -2.26. The van der Waals surface area contributed by atoms with E-state index in [-0.39, 0.29) is 24.4 Å². The Morgan fingerprint density at radius 3 is 2.47 bits per heavy atom. The molecule has 4 unspecified atom stereocenters. The van der Waals surface area contributed by atoms with Crippen molar-refractivity contribution in [2.24, 2.45) is 0 Å². The van der Waals surface area contributed by atoms with Crippen molar-refractivity contribution in [3.05, 3.63) is 35.9 Å². The maximum Gasteiger partial charge on any atom is 0.100 e. The van der Waals surface area contributed by atoms with Gasteiger partial charge in [-0.25, -0.2) is 0 Å². The van der Waals surface area contributed by atoms with E-state index in [1.165, 1.54) is 5.56 Å². The third kappa shape index (κ3) is 2.86. The van der Waals surface area contributed by atoms with Crippen molar-refractivity contribution in [3.8, 4) is 0 Å². The lowest BCUT2D eigenvalue weighted by Crippen LogP contribution is -2.36. The number of rotatable bonds is 2. The molecule has 0 spiro atoms. The molecule has 94 valence electrons. The zero-order chi connectivity index (χ0) is 12.3. The summed E-state index contributed by atoms with van der Waals surface area (Å²) in [6.07, 6.45) is 0.305. The zero-order valence-electron chi connectivity index (χ0n) is 10.7. The molecule has 1 aliphatic rings. The Morgan fingerprint density at radius 2 is 1.82 bits per heavy atom. The van der Waals surface area contributed by atoms with E-state index < -0.39 is 0 Å². The first kappa shape index (κ1) is 12.6. The molecule has 1 aromatic carbocycles. The third-order valence-electron chi connectivity index (χ3n) is 3.43. The Balaban J connectivity index is 2.22. The standard InChI is InChI=1S/C14H21NO2/c1-10-11(2)17-14(13(15-3)9-16-10)12-7-5-4-6-8-12/h4-8,10-11,13-15H,9H2,1-3H3. The monoisotopic (exact) mass is 235 g/mol. The average molecular weight is 235 g/mol. The maximum absolute atomic E-state index is 6.13. The summed E-state index contributed by atoms with van der Waals surface area (Å²) in [6.45, 7) is 4.81. The predicted octanol–water partition coefficient (Wildman–Crippen LogP) is 2.14. The summed E-state index contributed by atoms with van der Waals surface area (Å²) in [5, 5.41) is 3.28. The molecular formula is C14H21NO2. The molecule has 17 heavy (non-hydrogen) atoms. The van der Waals surface area contributed by atoms with Gasteiger partial charge < -0.3 is 14.8 Å². The highest BCUT2D eigenvalue weighted by Gasteiger charge is 2.31. The lowest BCUT2D eigenvalue weighted by molar-refractivity contribution is -0.0470. The van der Waals surface area contributed by atoms with Gasteiger partial charge in [0, 0.05) is 0 Å². The van der Waals surface area contributed by atoms with Crippen LogP contribution in [0.1, 0.15) is 25.5 Å². The van der Waals surface area contributed by atoms with E-state index in [9.17, 15) is 0 Å². The quantitative estimate of drug-likeness (QED) is 0.852. The van der Waals surface area contributed by atoms with Crippen molar-refractivity contribution in [2.75, 3.05) is 13.7 Å². The summed E-state index contributed by atoms with van der Waals surface area (Å²) >= 11 is 0. The zero-order valence-corrected chi connectivity index (χ0v) is 10.7. The topological polar surface area (TPSA) is 30.5 Å². The van der Waals surface area contributed by atoms with Gasteiger partial charge in [0.1, 0.15) is 6.10 Å². The SMILES string of the molecule is CNC1COC(C)C(C)OC1c1ccccc1. The van der Waals surface area contributed by atoms with Crippen LogP contribution in [0.2, 0.25) is 0 Å². The second kappa shape index (κ2) is 5.63. The molecule has 4 atom stereocenters. The van der Waals surface area contributed by atoms with Gasteiger partial charge in [-0.05, 0) is 26.5 Å². The summed E-state index contributed by atoms with van der Waals surface area (Å²) in [7, 11) is 1.95. The van der Waals surface area contributed by atoms with Gasteiger partial charge in [0.25, 0.3) is 0 Å². The summed E-state index contributed by atoms with van der Waals surface area (Å²) in [6, 6.07) is 10.5. The minimum absolute atomic E-state index is 0.0566. The molecule has 0 aliphatic carbocycles. The molecule has 0 aromatic heterocycles. The van der Waals surface area contributed by atoms with Crippen molar-refractivity contribution >= 4 is 0 Å². The molecule has 1 fully saturated rings. The normalized spacial score (nSPS) is 34.3. The summed E-state index contributed by atoms with van der Waals surface area (Å²) in [4.78, 5) is 0. The second-order valence-corrected chi connectivity index (χ2v) is 4.61. The molecule has 0 bridgehead atoms. The first-order valence-corrected chi connectivity index (χ1v) is 6.21. The Labute approximate surface area is 103 Å². The Hall–Kier alpha value is -0.900. The van der Waals surface area contributed by atoms with Crippen LogP contribution in [0.15, 0.2) is 30.3 Å². The van der Waals surface area contributed by atoms with Crippen LogP contribution in [0.3, 0.4) is 0 Å². The molecule has 1 heterocycles. The van der Waals surface area contributed by atoms with Crippen LogP contribution in [0.4, 0.5) is 0 Å². The van der Waals surface area contributed by atoms with E-state index in [0.717, 1.165) is 0 Å². The van der Waals surface area contributed by atoms with E-state index in [1.807, 2.05) is 25.2 Å². The van der Waals surface area contributed by atoms with Crippen LogP contribution in [0, 0.1) is 0 Å². The molecule has 0 radical (unpaired) electrons. The van der Waals surface area contributed by atoms with Crippen LogP contribution in [-0.2, 0) is 9.47 Å². The number of ether oxygens (including phenoxy) is 2. The summed E-state index contributed by atoms with van der Waals surface area (Å²) in [5.41, 5.74) is 1.21. The Morgan fingerprint density at radius 1 is 1.12 bits per heavy atom. The van der Waals surface area contributed by atoms with Gasteiger partial charge in [-0.3, -0.25) is 0 Å². The third-order valence-corrected chi connectivity index (χ3v) is 3.43. The second-order valence-electron chi connectivity index (χ2n) is 4.61. The maximum atomic E-state index is 6.13. The number of nitrogens with one attached hydrogen (secondary N) is 1. The smallest absolute Gasteiger partial charge is 0.100 e. The lowest BCUT2D eigenvalue weighted by atomic mass is 10.0. The molecule has 1 aliphatic heterocycles. The number of hydrogen-bond donors (Lipinski definition) is 1. The highest BCUT2D eigenvalue weighted by molar-refractivity contribution is 5.19. The average Bonchev–Trinajstić information content (AvgIpc) is 2.51. The highest BCUT2D eigenvalue weighted by Crippen LogP contribution is 2.27. The fourth-order valence-electron chi connectivity index (χ4n) is 2.10. The van der Waals surface area contributed by atoms with Crippen molar-refractivity contribution in [2.45, 2.75) is 38.2 Å². The van der Waals surface area contributed by atoms with Crippen molar-refractivity contribution in [1.82, 2.24) is 5.32 Å². The fourth-order valence-corrected chi connectivity index (χ4v) is 2.10. The minimum Gasteiger partial charge on any atom is -0.374 e. The molecule has 0 amide bonds. The molecule has 0 saturated carbocycles. The highest BCUT2D eigenvalue weighted by atomic mass is 16.6. The van der Waals surface area contributed by atoms with Gasteiger partial charge in [0.15, 0.2) is 0 Å². The van der Waals surface area contributed by atoms with Crippen LogP contribution in [-0.4, -0.2) is 31.9 Å². The number of benzene rings is 1. The molecule has 3 nitrogen and oxygen atoms in total. The molecular weight excluding hydrogens is 214 g/mol. The van der Waals surface area contributed by atoms with E-state index >= 15 is 0 Å². The van der Waals surface area contributed by atoms with Crippen molar-refractivity contribution in [3.63, 3.8) is 0 Å². The van der Waals surface area contributed by atoms with Gasteiger partial charge in [0.2, 0.25) is 0 Å². The van der Waals surface area contributed by atoms with Crippen molar-refractivity contribution in [1.29, 1.82) is 0 Å². The molecule has 2 rings (SSSR count). The number of hydrogen-bond acceptors (Lipinski definition) is 3. The number of likely N-dealkylation sites (N-methyl/N-ethyl adjacent to an activating group) is 1. The Kier molecular flexibility index (Phi) is 4.15. The summed E-state index contributed by atoms with van der Waals surface area (Å²) in [5.74, 6) is 0. The van der Waals surface area contributed by atoms with Crippen LogP contribution in [0.25, 0.3) is 0 Å². The van der Waals surface area contributed by atoms with E-state index in [0.29, 0.717) is 6.61 Å². The van der Waals surface area contributed by atoms with E-state index in [4.69, 9.17) is 9.47 Å². The first-order valence-electron chi connectivity index (χ1n) is 6.21. The molecule has 1 aromatic rings. The van der Waals surface area contributed by atoms with Crippen molar-refractivity contribution < 1.29 is 9.47 Å². The van der Waals surface area contributed by atoms with Gasteiger partial charge in [-0.2, -0.15) is 0 Å². The molecule has 3 heteroatoms. The summed E-state index contributed by atoms with van der Waals surface area (Å²) < 4.78 is 11.9. The van der Waals surface area contributed by atoms with Crippen LogP contribution < -0.4 is 5.32 Å². The largest absolute Gasteiger partial charge is 0.374 e. The van der Waals surface area contributed by atoms with E-state index in [2.05, 4.69) is 31.3 Å². The van der Waals surface area contributed by atoms with E-state index in [1.54, 1.807) is 0 Å². The minimum atomic E-state index is 0.0566. The predicted molar refractivity (Wildman–Crippen MR) is 68.0 cm³/mol. The van der Waals surface area contributed by atoms with Gasteiger partial charge in [-0.15, -0.1) is 0 Å². The fraction of sp³-hybridized carbons (Fsp3) is 0.571. The molecule has 1 saturated heterocycles. The van der Waals surface area contributed by atoms with Crippen LogP contribution in [0.5, 0.6) is 0 Å². The van der Waals surface area contributed by atoms with Gasteiger partial charge >= 0.3 is 0 Å². The van der Waals surface area contributed by atoms with Gasteiger partial charge in [0.05, 0.1) is 24.9 Å².